The minimum Gasteiger partial charge on any atom is -0.478 e. The standard InChI is InChI=1S/C12H16N2O2/c13-11-5-10(6-14-7-11)8-1-3-9(4-2-8)12(15)16/h1-4,10-11,14H,5-7,13H2,(H,15,16). The Kier molecular flexibility index (Phi) is 3.22. The molecule has 0 spiro atoms. The van der Waals surface area contributed by atoms with Crippen molar-refractivity contribution in [3.8, 4) is 0 Å². The van der Waals surface area contributed by atoms with Crippen LogP contribution < -0.4 is 11.1 Å². The van der Waals surface area contributed by atoms with Crippen LogP contribution in [-0.4, -0.2) is 30.2 Å². The van der Waals surface area contributed by atoms with Crippen LogP contribution in [0.5, 0.6) is 0 Å². The Bertz CT molecular complexity index is 375. The molecule has 4 heteroatoms. The van der Waals surface area contributed by atoms with E-state index in [0.29, 0.717) is 11.5 Å². The molecule has 86 valence electrons. The van der Waals surface area contributed by atoms with Gasteiger partial charge in [-0.25, -0.2) is 4.79 Å². The molecule has 1 saturated heterocycles. The third-order valence-corrected chi connectivity index (χ3v) is 3.01. The van der Waals surface area contributed by atoms with Crippen LogP contribution in [0.15, 0.2) is 24.3 Å². The summed E-state index contributed by atoms with van der Waals surface area (Å²) in [7, 11) is 0. The molecule has 0 saturated carbocycles. The van der Waals surface area contributed by atoms with E-state index in [1.54, 1.807) is 12.1 Å². The van der Waals surface area contributed by atoms with Gasteiger partial charge in [0, 0.05) is 19.1 Å². The highest BCUT2D eigenvalue weighted by molar-refractivity contribution is 5.87. The average Bonchev–Trinajstić information content (AvgIpc) is 2.29. The highest BCUT2D eigenvalue weighted by atomic mass is 16.4. The van der Waals surface area contributed by atoms with Crippen LogP contribution >= 0.6 is 0 Å². The van der Waals surface area contributed by atoms with Crippen LogP contribution in [0, 0.1) is 0 Å². The van der Waals surface area contributed by atoms with Crippen molar-refractivity contribution in [3.05, 3.63) is 35.4 Å². The summed E-state index contributed by atoms with van der Waals surface area (Å²) in [4.78, 5) is 10.7. The molecule has 0 aliphatic carbocycles. The first-order chi connectivity index (χ1) is 7.66. The molecule has 1 aliphatic heterocycles. The van der Waals surface area contributed by atoms with Gasteiger partial charge in [-0.3, -0.25) is 0 Å². The van der Waals surface area contributed by atoms with Gasteiger partial charge >= 0.3 is 5.97 Å². The molecule has 0 amide bonds. The van der Waals surface area contributed by atoms with Crippen LogP contribution in [0.3, 0.4) is 0 Å². The summed E-state index contributed by atoms with van der Waals surface area (Å²) < 4.78 is 0. The average molecular weight is 220 g/mol. The monoisotopic (exact) mass is 220 g/mol. The number of hydrogen-bond donors (Lipinski definition) is 3. The second-order valence-corrected chi connectivity index (χ2v) is 4.28. The zero-order chi connectivity index (χ0) is 11.5. The lowest BCUT2D eigenvalue weighted by Gasteiger charge is -2.27. The van der Waals surface area contributed by atoms with E-state index in [1.165, 1.54) is 0 Å². The molecule has 1 heterocycles. The van der Waals surface area contributed by atoms with Gasteiger partial charge in [0.05, 0.1) is 5.56 Å². The van der Waals surface area contributed by atoms with Crippen molar-refractivity contribution in [2.75, 3.05) is 13.1 Å². The first-order valence-corrected chi connectivity index (χ1v) is 5.46. The number of piperidine rings is 1. The van der Waals surface area contributed by atoms with Gasteiger partial charge in [-0.15, -0.1) is 0 Å². The van der Waals surface area contributed by atoms with Gasteiger partial charge in [0.1, 0.15) is 0 Å². The largest absolute Gasteiger partial charge is 0.478 e. The molecule has 0 aromatic heterocycles. The second kappa shape index (κ2) is 4.63. The first kappa shape index (κ1) is 11.1. The number of aromatic carboxylic acids is 1. The Morgan fingerprint density at radius 1 is 1.31 bits per heavy atom. The van der Waals surface area contributed by atoms with Crippen LogP contribution in [0.2, 0.25) is 0 Å². The summed E-state index contributed by atoms with van der Waals surface area (Å²) in [5, 5.41) is 12.1. The van der Waals surface area contributed by atoms with E-state index in [9.17, 15) is 4.79 Å². The Hall–Kier alpha value is -1.39. The molecule has 16 heavy (non-hydrogen) atoms. The fourth-order valence-corrected chi connectivity index (χ4v) is 2.13. The van der Waals surface area contributed by atoms with Crippen LogP contribution in [0.25, 0.3) is 0 Å². The fraction of sp³-hybridized carbons (Fsp3) is 0.417. The molecule has 1 aromatic carbocycles. The second-order valence-electron chi connectivity index (χ2n) is 4.28. The Balaban J connectivity index is 2.11. The van der Waals surface area contributed by atoms with Crippen molar-refractivity contribution < 1.29 is 9.90 Å². The summed E-state index contributed by atoms with van der Waals surface area (Å²) in [6.07, 6.45) is 0.958. The topological polar surface area (TPSA) is 75.3 Å². The highest BCUT2D eigenvalue weighted by Gasteiger charge is 2.20. The van der Waals surface area contributed by atoms with Crippen molar-refractivity contribution in [2.45, 2.75) is 18.4 Å². The lowest BCUT2D eigenvalue weighted by molar-refractivity contribution is 0.0697. The Labute approximate surface area is 94.5 Å². The molecule has 2 rings (SSSR count). The smallest absolute Gasteiger partial charge is 0.335 e. The number of nitrogens with two attached hydrogens (primary N) is 1. The molecular formula is C12H16N2O2. The molecule has 4 nitrogen and oxygen atoms in total. The minimum atomic E-state index is -0.884. The predicted molar refractivity (Wildman–Crippen MR) is 61.6 cm³/mol. The zero-order valence-electron chi connectivity index (χ0n) is 9.02. The molecule has 2 atom stereocenters. The van der Waals surface area contributed by atoms with Gasteiger partial charge in [-0.05, 0) is 30.0 Å². The van der Waals surface area contributed by atoms with Crippen molar-refractivity contribution in [1.82, 2.24) is 5.32 Å². The maximum atomic E-state index is 10.7. The molecule has 1 aliphatic rings. The van der Waals surface area contributed by atoms with E-state index >= 15 is 0 Å². The molecule has 1 aromatic rings. The van der Waals surface area contributed by atoms with Crippen LogP contribution in [-0.2, 0) is 0 Å². The summed E-state index contributed by atoms with van der Waals surface area (Å²) in [5.41, 5.74) is 7.37. The van der Waals surface area contributed by atoms with Gasteiger partial charge in [-0.1, -0.05) is 12.1 Å². The van der Waals surface area contributed by atoms with Gasteiger partial charge in [0.2, 0.25) is 0 Å². The highest BCUT2D eigenvalue weighted by Crippen LogP contribution is 2.22. The minimum absolute atomic E-state index is 0.193. The van der Waals surface area contributed by atoms with E-state index in [0.717, 1.165) is 25.1 Å². The van der Waals surface area contributed by atoms with Gasteiger partial charge in [0.15, 0.2) is 0 Å². The number of hydrogen-bond acceptors (Lipinski definition) is 3. The lowest BCUT2D eigenvalue weighted by atomic mass is 9.89. The van der Waals surface area contributed by atoms with Crippen molar-refractivity contribution in [2.24, 2.45) is 5.73 Å². The SMILES string of the molecule is NC1CNCC(c2ccc(C(=O)O)cc2)C1. The number of nitrogens with one attached hydrogen (secondary N) is 1. The Morgan fingerprint density at radius 2 is 2.00 bits per heavy atom. The lowest BCUT2D eigenvalue weighted by Crippen LogP contribution is -2.43. The number of carbonyl (C=O) groups is 1. The van der Waals surface area contributed by atoms with Crippen LogP contribution in [0.1, 0.15) is 28.3 Å². The summed E-state index contributed by atoms with van der Waals surface area (Å²) in [6, 6.07) is 7.26. The van der Waals surface area contributed by atoms with E-state index in [1.807, 2.05) is 12.1 Å². The summed E-state index contributed by atoms with van der Waals surface area (Å²) in [6.45, 7) is 1.78. The predicted octanol–water partition coefficient (Wildman–Crippen LogP) is 0.789. The third-order valence-electron chi connectivity index (χ3n) is 3.01. The number of rotatable bonds is 2. The molecule has 0 radical (unpaired) electrons. The Morgan fingerprint density at radius 3 is 2.56 bits per heavy atom. The molecule has 1 fully saturated rings. The van der Waals surface area contributed by atoms with E-state index in [4.69, 9.17) is 10.8 Å². The summed E-state index contributed by atoms with van der Waals surface area (Å²) >= 11 is 0. The van der Waals surface area contributed by atoms with E-state index in [2.05, 4.69) is 5.32 Å². The maximum absolute atomic E-state index is 10.7. The van der Waals surface area contributed by atoms with Crippen molar-refractivity contribution in [1.29, 1.82) is 0 Å². The van der Waals surface area contributed by atoms with E-state index < -0.39 is 5.97 Å². The normalized spacial score (nSPS) is 25.3. The summed E-state index contributed by atoms with van der Waals surface area (Å²) in [5.74, 6) is -0.489. The molecule has 0 bridgehead atoms. The zero-order valence-corrected chi connectivity index (χ0v) is 9.02. The van der Waals surface area contributed by atoms with Gasteiger partial charge in [0.25, 0.3) is 0 Å². The van der Waals surface area contributed by atoms with Crippen molar-refractivity contribution >= 4 is 5.97 Å². The molecular weight excluding hydrogens is 204 g/mol. The molecule has 2 unspecified atom stereocenters. The quantitative estimate of drug-likeness (QED) is 0.688. The maximum Gasteiger partial charge on any atom is 0.335 e. The third kappa shape index (κ3) is 2.40. The number of benzene rings is 1. The number of carboxylic acid groups (broad SMARTS) is 1. The number of carboxylic acids is 1. The van der Waals surface area contributed by atoms with Crippen molar-refractivity contribution in [3.63, 3.8) is 0 Å². The van der Waals surface area contributed by atoms with E-state index in [-0.39, 0.29) is 6.04 Å². The van der Waals surface area contributed by atoms with Crippen LogP contribution in [0.4, 0.5) is 0 Å². The molecule has 4 N–H and O–H groups in total. The first-order valence-electron chi connectivity index (χ1n) is 5.46. The fourth-order valence-electron chi connectivity index (χ4n) is 2.13. The van der Waals surface area contributed by atoms with Gasteiger partial charge < -0.3 is 16.2 Å². The van der Waals surface area contributed by atoms with Gasteiger partial charge in [-0.2, -0.15) is 0 Å².